The fraction of sp³-hybridized carbons (Fsp3) is 0.350. The van der Waals surface area contributed by atoms with Crippen molar-refractivity contribution < 1.29 is 19.6 Å². The van der Waals surface area contributed by atoms with Crippen LogP contribution in [-0.4, -0.2) is 45.9 Å². The smallest absolute Gasteiger partial charge is 0.426 e. The Bertz CT molecular complexity index is 757. The predicted octanol–water partition coefficient (Wildman–Crippen LogP) is 0.966. The highest BCUT2D eigenvalue weighted by Gasteiger charge is 2.30. The van der Waals surface area contributed by atoms with Crippen LogP contribution in [0.25, 0.3) is 0 Å². The van der Waals surface area contributed by atoms with Crippen molar-refractivity contribution >= 4 is 18.9 Å². The van der Waals surface area contributed by atoms with Crippen molar-refractivity contribution in [3.8, 4) is 0 Å². The Morgan fingerprint density at radius 2 is 1.68 bits per heavy atom. The SMILES string of the molecule is CC(C)C[C@H](NC(=O)[C@H](Cc1ccccc1)NC(=O)c1ccncc1)B(O)O. The fourth-order valence-electron chi connectivity index (χ4n) is 2.85. The van der Waals surface area contributed by atoms with Crippen molar-refractivity contribution in [3.63, 3.8) is 0 Å². The van der Waals surface area contributed by atoms with Gasteiger partial charge in [-0.05, 0) is 30.0 Å². The zero-order valence-electron chi connectivity index (χ0n) is 16.1. The predicted molar refractivity (Wildman–Crippen MR) is 107 cm³/mol. The Morgan fingerprint density at radius 1 is 1.04 bits per heavy atom. The number of carbonyl (C=O) groups is 2. The zero-order valence-corrected chi connectivity index (χ0v) is 16.1. The van der Waals surface area contributed by atoms with Crippen LogP contribution in [0.15, 0.2) is 54.9 Å². The van der Waals surface area contributed by atoms with Gasteiger partial charge in [-0.15, -0.1) is 0 Å². The lowest BCUT2D eigenvalue weighted by Crippen LogP contribution is -2.55. The van der Waals surface area contributed by atoms with E-state index >= 15 is 0 Å². The molecule has 2 amide bonds. The first-order chi connectivity index (χ1) is 13.4. The van der Waals surface area contributed by atoms with Gasteiger partial charge in [0.2, 0.25) is 5.91 Å². The molecular formula is C20H26BN3O4. The lowest BCUT2D eigenvalue weighted by Gasteiger charge is -2.24. The second kappa shape index (κ2) is 10.6. The van der Waals surface area contributed by atoms with Gasteiger partial charge in [-0.2, -0.15) is 0 Å². The molecule has 0 spiro atoms. The molecule has 0 radical (unpaired) electrons. The minimum Gasteiger partial charge on any atom is -0.426 e. The normalized spacial score (nSPS) is 12.9. The number of nitrogens with zero attached hydrogens (tertiary/aromatic N) is 1. The molecule has 4 N–H and O–H groups in total. The molecule has 1 heterocycles. The molecule has 2 aromatic rings. The van der Waals surface area contributed by atoms with Crippen LogP contribution in [0.5, 0.6) is 0 Å². The Balaban J connectivity index is 2.16. The quantitative estimate of drug-likeness (QED) is 0.482. The molecule has 0 aliphatic heterocycles. The second-order valence-electron chi connectivity index (χ2n) is 7.11. The summed E-state index contributed by atoms with van der Waals surface area (Å²) in [5.74, 6) is -1.52. The van der Waals surface area contributed by atoms with E-state index in [9.17, 15) is 19.6 Å². The minimum absolute atomic E-state index is 0.158. The molecular weight excluding hydrogens is 357 g/mol. The monoisotopic (exact) mass is 383 g/mol. The second-order valence-corrected chi connectivity index (χ2v) is 7.11. The highest BCUT2D eigenvalue weighted by molar-refractivity contribution is 6.43. The Kier molecular flexibility index (Phi) is 8.16. The molecule has 1 aromatic heterocycles. The van der Waals surface area contributed by atoms with Gasteiger partial charge < -0.3 is 20.7 Å². The molecule has 148 valence electrons. The number of aromatic nitrogens is 1. The van der Waals surface area contributed by atoms with Crippen LogP contribution in [0.2, 0.25) is 0 Å². The molecule has 0 saturated carbocycles. The molecule has 2 atom stereocenters. The van der Waals surface area contributed by atoms with E-state index in [1.807, 2.05) is 44.2 Å². The van der Waals surface area contributed by atoms with Crippen molar-refractivity contribution in [2.45, 2.75) is 38.7 Å². The standard InChI is InChI=1S/C20H26BN3O4/c1-14(2)12-18(21(27)28)24-20(26)17(13-15-6-4-3-5-7-15)23-19(25)16-8-10-22-11-9-16/h3-11,14,17-18,27-28H,12-13H2,1-2H3,(H,23,25)(H,24,26)/t17-,18-/m0/s1. The summed E-state index contributed by atoms with van der Waals surface area (Å²) in [6.07, 6.45) is 3.68. The van der Waals surface area contributed by atoms with Gasteiger partial charge in [0.1, 0.15) is 6.04 Å². The van der Waals surface area contributed by atoms with Crippen LogP contribution >= 0.6 is 0 Å². The Morgan fingerprint density at radius 3 is 2.25 bits per heavy atom. The molecule has 28 heavy (non-hydrogen) atoms. The van der Waals surface area contributed by atoms with E-state index in [1.165, 1.54) is 12.4 Å². The van der Waals surface area contributed by atoms with E-state index in [4.69, 9.17) is 0 Å². The molecule has 0 bridgehead atoms. The average Bonchev–Trinajstić information content (AvgIpc) is 2.68. The van der Waals surface area contributed by atoms with Gasteiger partial charge in [-0.25, -0.2) is 0 Å². The maximum atomic E-state index is 12.9. The van der Waals surface area contributed by atoms with Crippen molar-refractivity contribution in [2.75, 3.05) is 0 Å². The largest absolute Gasteiger partial charge is 0.475 e. The number of rotatable bonds is 9. The first-order valence-electron chi connectivity index (χ1n) is 9.28. The molecule has 0 aliphatic rings. The third-order valence-corrected chi connectivity index (χ3v) is 4.26. The van der Waals surface area contributed by atoms with Gasteiger partial charge in [0.05, 0.1) is 5.94 Å². The van der Waals surface area contributed by atoms with Gasteiger partial charge in [-0.3, -0.25) is 14.6 Å². The van der Waals surface area contributed by atoms with E-state index in [0.29, 0.717) is 12.0 Å². The number of pyridine rings is 1. The van der Waals surface area contributed by atoms with Gasteiger partial charge in [0.15, 0.2) is 0 Å². The number of benzene rings is 1. The van der Waals surface area contributed by atoms with Crippen molar-refractivity contribution in [2.24, 2.45) is 5.92 Å². The molecule has 1 aromatic carbocycles. The summed E-state index contributed by atoms with van der Waals surface area (Å²) in [7, 11) is -1.68. The van der Waals surface area contributed by atoms with Crippen LogP contribution in [0, 0.1) is 5.92 Å². The van der Waals surface area contributed by atoms with Gasteiger partial charge in [0, 0.05) is 24.4 Å². The fourth-order valence-corrected chi connectivity index (χ4v) is 2.85. The zero-order chi connectivity index (χ0) is 20.5. The third-order valence-electron chi connectivity index (χ3n) is 4.26. The summed E-state index contributed by atoms with van der Waals surface area (Å²) in [5.41, 5.74) is 1.27. The van der Waals surface area contributed by atoms with Gasteiger partial charge >= 0.3 is 7.12 Å². The lowest BCUT2D eigenvalue weighted by molar-refractivity contribution is -0.123. The summed E-state index contributed by atoms with van der Waals surface area (Å²) >= 11 is 0. The van der Waals surface area contributed by atoms with E-state index in [-0.39, 0.29) is 12.3 Å². The summed E-state index contributed by atoms with van der Waals surface area (Å²) in [6.45, 7) is 3.85. The van der Waals surface area contributed by atoms with Gasteiger partial charge in [0.25, 0.3) is 5.91 Å². The lowest BCUT2D eigenvalue weighted by atomic mass is 9.75. The summed E-state index contributed by atoms with van der Waals surface area (Å²) in [6, 6.07) is 11.6. The highest BCUT2D eigenvalue weighted by Crippen LogP contribution is 2.09. The van der Waals surface area contributed by atoms with E-state index in [1.54, 1.807) is 12.1 Å². The maximum absolute atomic E-state index is 12.9. The summed E-state index contributed by atoms with van der Waals surface area (Å²) in [4.78, 5) is 29.3. The first kappa shape index (κ1) is 21.6. The Labute approximate surface area is 165 Å². The van der Waals surface area contributed by atoms with Crippen LogP contribution in [0.3, 0.4) is 0 Å². The van der Waals surface area contributed by atoms with Gasteiger partial charge in [-0.1, -0.05) is 44.2 Å². The van der Waals surface area contributed by atoms with Crippen molar-refractivity contribution in [1.29, 1.82) is 0 Å². The maximum Gasteiger partial charge on any atom is 0.475 e. The van der Waals surface area contributed by atoms with E-state index < -0.39 is 30.9 Å². The van der Waals surface area contributed by atoms with Crippen molar-refractivity contribution in [3.05, 3.63) is 66.0 Å². The van der Waals surface area contributed by atoms with Crippen LogP contribution in [-0.2, 0) is 11.2 Å². The van der Waals surface area contributed by atoms with E-state index in [0.717, 1.165) is 5.56 Å². The molecule has 0 aliphatic carbocycles. The Hall–Kier alpha value is -2.71. The topological polar surface area (TPSA) is 112 Å². The van der Waals surface area contributed by atoms with Crippen LogP contribution in [0.1, 0.15) is 36.2 Å². The number of nitrogens with one attached hydrogen (secondary N) is 2. The molecule has 0 unspecified atom stereocenters. The summed E-state index contributed by atoms with van der Waals surface area (Å²) in [5, 5.41) is 24.6. The number of amides is 2. The van der Waals surface area contributed by atoms with Crippen molar-refractivity contribution in [1.82, 2.24) is 15.6 Å². The van der Waals surface area contributed by atoms with E-state index in [2.05, 4.69) is 15.6 Å². The minimum atomic E-state index is -1.68. The number of hydrogen-bond acceptors (Lipinski definition) is 5. The molecule has 2 rings (SSSR count). The molecule has 8 heteroatoms. The highest BCUT2D eigenvalue weighted by atomic mass is 16.4. The summed E-state index contributed by atoms with van der Waals surface area (Å²) < 4.78 is 0. The van der Waals surface area contributed by atoms with Crippen LogP contribution in [0.4, 0.5) is 0 Å². The first-order valence-corrected chi connectivity index (χ1v) is 9.28. The molecule has 0 saturated heterocycles. The number of hydrogen-bond donors (Lipinski definition) is 4. The van der Waals surface area contributed by atoms with Crippen LogP contribution < -0.4 is 10.6 Å². The molecule has 0 fully saturated rings. The average molecular weight is 383 g/mol. The molecule has 7 nitrogen and oxygen atoms in total. The third kappa shape index (κ3) is 6.79. The number of carbonyl (C=O) groups excluding carboxylic acids is 2.